The second kappa shape index (κ2) is 7.65. The van der Waals surface area contributed by atoms with Gasteiger partial charge in [0.05, 0.1) is 7.11 Å². The number of benzene rings is 2. The van der Waals surface area contributed by atoms with Gasteiger partial charge in [0, 0.05) is 6.08 Å². The molecule has 6 nitrogen and oxygen atoms in total. The highest BCUT2D eigenvalue weighted by molar-refractivity contribution is 7.86. The quantitative estimate of drug-likeness (QED) is 0.611. The molecule has 0 amide bonds. The molecular formula is C17H16O6S. The Morgan fingerprint density at radius 3 is 2.46 bits per heavy atom. The number of hydrogen-bond acceptors (Lipinski definition) is 5. The fraction of sp³-hybridized carbons (Fsp3) is 0.118. The third kappa shape index (κ3) is 5.13. The molecule has 0 aliphatic rings. The number of methoxy groups -OCH3 is 1. The van der Waals surface area contributed by atoms with Crippen molar-refractivity contribution in [2.24, 2.45) is 0 Å². The van der Waals surface area contributed by atoms with E-state index in [0.29, 0.717) is 11.1 Å². The van der Waals surface area contributed by atoms with Gasteiger partial charge in [-0.3, -0.25) is 0 Å². The molecule has 0 heterocycles. The molecule has 7 heteroatoms. The Hall–Kier alpha value is -2.80. The molecule has 0 saturated heterocycles. The summed E-state index contributed by atoms with van der Waals surface area (Å²) in [7, 11) is -2.48. The number of carboxylic acid groups (broad SMARTS) is 1. The van der Waals surface area contributed by atoms with Gasteiger partial charge in [0.15, 0.2) is 11.5 Å². The Labute approximate surface area is 140 Å². The fourth-order valence-electron chi connectivity index (χ4n) is 1.97. The summed E-state index contributed by atoms with van der Waals surface area (Å²) in [5.74, 6) is -1.11. The van der Waals surface area contributed by atoms with Gasteiger partial charge in [-0.2, -0.15) is 8.42 Å². The molecule has 0 aliphatic carbocycles. The Morgan fingerprint density at radius 2 is 1.83 bits per heavy atom. The van der Waals surface area contributed by atoms with Crippen LogP contribution in [0.5, 0.6) is 11.5 Å². The summed E-state index contributed by atoms with van der Waals surface area (Å²) in [6.07, 6.45) is 2.34. The number of hydrogen-bond donors (Lipinski definition) is 1. The largest absolute Gasteiger partial charge is 0.493 e. The molecule has 0 atom stereocenters. The van der Waals surface area contributed by atoms with E-state index in [1.54, 1.807) is 30.3 Å². The lowest BCUT2D eigenvalue weighted by molar-refractivity contribution is -0.131. The summed E-state index contributed by atoms with van der Waals surface area (Å²) < 4.78 is 34.6. The predicted molar refractivity (Wildman–Crippen MR) is 89.4 cm³/mol. The maximum Gasteiger partial charge on any atom is 0.328 e. The molecule has 126 valence electrons. The minimum Gasteiger partial charge on any atom is -0.493 e. The van der Waals surface area contributed by atoms with Gasteiger partial charge in [-0.05, 0) is 29.3 Å². The first kappa shape index (κ1) is 17.6. The van der Waals surface area contributed by atoms with Crippen LogP contribution in [0.1, 0.15) is 11.1 Å². The topological polar surface area (TPSA) is 89.9 Å². The van der Waals surface area contributed by atoms with Gasteiger partial charge >= 0.3 is 16.1 Å². The zero-order chi connectivity index (χ0) is 17.6. The first-order chi connectivity index (χ1) is 11.4. The zero-order valence-corrected chi connectivity index (χ0v) is 13.7. The van der Waals surface area contributed by atoms with Crippen LogP contribution in [0, 0.1) is 0 Å². The number of carbonyl (C=O) groups is 1. The standard InChI is InChI=1S/C17H16O6S/c1-22-16-11-13(8-10-17(18)19)7-9-15(16)23-24(20,21)12-14-5-3-2-4-6-14/h2-11H,12H2,1H3,(H,18,19). The van der Waals surface area contributed by atoms with Gasteiger partial charge in [0.2, 0.25) is 0 Å². The molecule has 0 bridgehead atoms. The smallest absolute Gasteiger partial charge is 0.328 e. The van der Waals surface area contributed by atoms with Crippen molar-refractivity contribution in [3.05, 3.63) is 65.7 Å². The van der Waals surface area contributed by atoms with Crippen molar-refractivity contribution in [3.63, 3.8) is 0 Å². The summed E-state index contributed by atoms with van der Waals surface area (Å²) in [5, 5.41) is 8.63. The summed E-state index contributed by atoms with van der Waals surface area (Å²) in [5.41, 5.74) is 1.15. The van der Waals surface area contributed by atoms with Crippen LogP contribution in [-0.4, -0.2) is 26.6 Å². The molecule has 0 saturated carbocycles. The minimum atomic E-state index is -3.85. The number of carboxylic acids is 1. The van der Waals surface area contributed by atoms with E-state index in [0.717, 1.165) is 6.08 Å². The van der Waals surface area contributed by atoms with Crippen molar-refractivity contribution in [3.8, 4) is 11.5 Å². The van der Waals surface area contributed by atoms with E-state index >= 15 is 0 Å². The van der Waals surface area contributed by atoms with Crippen molar-refractivity contribution < 1.29 is 27.2 Å². The third-order valence-electron chi connectivity index (χ3n) is 3.01. The van der Waals surface area contributed by atoms with Gasteiger partial charge < -0.3 is 14.0 Å². The van der Waals surface area contributed by atoms with E-state index in [2.05, 4.69) is 0 Å². The lowest BCUT2D eigenvalue weighted by Gasteiger charge is -2.11. The normalized spacial score (nSPS) is 11.4. The fourth-order valence-corrected chi connectivity index (χ4v) is 3.04. The predicted octanol–water partition coefficient (Wildman–Crippen LogP) is 2.70. The van der Waals surface area contributed by atoms with Crippen LogP contribution in [0.4, 0.5) is 0 Å². The maximum absolute atomic E-state index is 12.2. The molecule has 0 aliphatic heterocycles. The first-order valence-corrected chi connectivity index (χ1v) is 8.52. The highest BCUT2D eigenvalue weighted by atomic mass is 32.2. The maximum atomic E-state index is 12.2. The van der Waals surface area contributed by atoms with E-state index in [4.69, 9.17) is 14.0 Å². The SMILES string of the molecule is COc1cc(C=CC(=O)O)ccc1OS(=O)(=O)Cc1ccccc1. The van der Waals surface area contributed by atoms with Crippen LogP contribution < -0.4 is 8.92 Å². The van der Waals surface area contributed by atoms with Crippen LogP contribution >= 0.6 is 0 Å². The van der Waals surface area contributed by atoms with Crippen molar-refractivity contribution in [2.75, 3.05) is 7.11 Å². The number of ether oxygens (including phenoxy) is 1. The number of rotatable bonds is 7. The lowest BCUT2D eigenvalue weighted by atomic mass is 10.2. The average Bonchev–Trinajstić information content (AvgIpc) is 2.54. The lowest BCUT2D eigenvalue weighted by Crippen LogP contribution is -2.12. The van der Waals surface area contributed by atoms with Gasteiger partial charge in [-0.25, -0.2) is 4.79 Å². The zero-order valence-electron chi connectivity index (χ0n) is 12.9. The van der Waals surface area contributed by atoms with Crippen molar-refractivity contribution in [1.82, 2.24) is 0 Å². The van der Waals surface area contributed by atoms with Gasteiger partial charge in [0.25, 0.3) is 0 Å². The van der Waals surface area contributed by atoms with E-state index in [1.165, 1.54) is 31.4 Å². The molecule has 24 heavy (non-hydrogen) atoms. The molecule has 0 unspecified atom stereocenters. The van der Waals surface area contributed by atoms with Crippen molar-refractivity contribution in [1.29, 1.82) is 0 Å². The second-order valence-electron chi connectivity index (χ2n) is 4.85. The van der Waals surface area contributed by atoms with Crippen LogP contribution in [0.25, 0.3) is 6.08 Å². The summed E-state index contributed by atoms with van der Waals surface area (Å²) >= 11 is 0. The van der Waals surface area contributed by atoms with Crippen LogP contribution in [0.3, 0.4) is 0 Å². The summed E-state index contributed by atoms with van der Waals surface area (Å²) in [6.45, 7) is 0. The summed E-state index contributed by atoms with van der Waals surface area (Å²) in [4.78, 5) is 10.5. The summed E-state index contributed by atoms with van der Waals surface area (Å²) in [6, 6.07) is 13.1. The minimum absolute atomic E-state index is 0.0425. The molecule has 2 aromatic rings. The van der Waals surface area contributed by atoms with E-state index in [9.17, 15) is 13.2 Å². The molecule has 2 aromatic carbocycles. The highest BCUT2D eigenvalue weighted by Crippen LogP contribution is 2.30. The Morgan fingerprint density at radius 1 is 1.12 bits per heavy atom. The van der Waals surface area contributed by atoms with E-state index in [-0.39, 0.29) is 17.3 Å². The molecular weight excluding hydrogens is 332 g/mol. The molecule has 0 aromatic heterocycles. The van der Waals surface area contributed by atoms with Crippen molar-refractivity contribution >= 4 is 22.2 Å². The van der Waals surface area contributed by atoms with Gasteiger partial charge in [-0.1, -0.05) is 36.4 Å². The first-order valence-electron chi connectivity index (χ1n) is 6.95. The average molecular weight is 348 g/mol. The third-order valence-corrected chi connectivity index (χ3v) is 4.13. The molecule has 0 radical (unpaired) electrons. The Bertz CT molecular complexity index is 841. The van der Waals surface area contributed by atoms with Gasteiger partial charge in [0.1, 0.15) is 5.75 Å². The number of aliphatic carboxylic acids is 1. The Kier molecular flexibility index (Phi) is 5.59. The van der Waals surface area contributed by atoms with Crippen LogP contribution in [0.2, 0.25) is 0 Å². The molecule has 1 N–H and O–H groups in total. The van der Waals surface area contributed by atoms with E-state index < -0.39 is 16.1 Å². The molecule has 2 rings (SSSR count). The van der Waals surface area contributed by atoms with E-state index in [1.807, 2.05) is 0 Å². The molecule has 0 fully saturated rings. The monoisotopic (exact) mass is 348 g/mol. The van der Waals surface area contributed by atoms with Crippen LogP contribution in [0.15, 0.2) is 54.6 Å². The second-order valence-corrected chi connectivity index (χ2v) is 6.42. The Balaban J connectivity index is 2.20. The highest BCUT2D eigenvalue weighted by Gasteiger charge is 2.17. The van der Waals surface area contributed by atoms with Gasteiger partial charge in [-0.15, -0.1) is 0 Å². The molecule has 0 spiro atoms. The van der Waals surface area contributed by atoms with Crippen LogP contribution in [-0.2, 0) is 20.7 Å². The van der Waals surface area contributed by atoms with Crippen molar-refractivity contribution in [2.45, 2.75) is 5.75 Å².